The Bertz CT molecular complexity index is 1020. The number of halogens is 1. The molecule has 1 amide bonds. The third kappa shape index (κ3) is 3.41. The minimum atomic E-state index is -0.0765. The second kappa shape index (κ2) is 7.27. The molecule has 0 radical (unpaired) electrons. The number of carbonyl (C=O) groups excluding carboxylic acids is 1. The Labute approximate surface area is 166 Å². The van der Waals surface area contributed by atoms with Gasteiger partial charge in [0.25, 0.3) is 5.91 Å². The maximum absolute atomic E-state index is 12.5. The van der Waals surface area contributed by atoms with Crippen LogP contribution in [0, 0.1) is 6.92 Å². The fourth-order valence-corrected chi connectivity index (χ4v) is 4.30. The highest BCUT2D eigenvalue weighted by atomic mass is 79.9. The summed E-state index contributed by atoms with van der Waals surface area (Å²) in [5, 5.41) is 6.62. The molecule has 2 N–H and O–H groups in total. The number of aryl methyl sites for hydroxylation is 1. The van der Waals surface area contributed by atoms with Gasteiger partial charge in [0.05, 0.1) is 16.7 Å². The van der Waals surface area contributed by atoms with Gasteiger partial charge in [-0.25, -0.2) is 0 Å². The number of carbonyl (C=O) groups is 1. The van der Waals surface area contributed by atoms with Crippen molar-refractivity contribution in [1.82, 2.24) is 15.3 Å². The second-order valence-corrected chi connectivity index (χ2v) is 7.85. The molecule has 0 bridgehead atoms. The molecule has 1 aromatic heterocycles. The van der Waals surface area contributed by atoms with Crippen LogP contribution in [0.1, 0.15) is 40.7 Å². The molecule has 27 heavy (non-hydrogen) atoms. The molecule has 2 unspecified atom stereocenters. The second-order valence-electron chi connectivity index (χ2n) is 7.00. The Kier molecular flexibility index (Phi) is 4.83. The lowest BCUT2D eigenvalue weighted by atomic mass is 9.89. The number of rotatable bonds is 4. The smallest absolute Gasteiger partial charge is 0.251 e. The molecule has 2 heterocycles. The molecular formula is C21H21BrN4O. The van der Waals surface area contributed by atoms with E-state index in [0.717, 1.165) is 21.9 Å². The lowest BCUT2D eigenvalue weighted by molar-refractivity contribution is 0.0952. The van der Waals surface area contributed by atoms with Crippen LogP contribution in [0.25, 0.3) is 11.0 Å². The quantitative estimate of drug-likeness (QED) is 0.650. The zero-order valence-corrected chi connectivity index (χ0v) is 16.9. The van der Waals surface area contributed by atoms with Crippen LogP contribution in [0.4, 0.5) is 5.69 Å². The molecule has 5 nitrogen and oxygen atoms in total. The number of amides is 1. The van der Waals surface area contributed by atoms with Crippen molar-refractivity contribution in [3.63, 3.8) is 0 Å². The molecule has 2 atom stereocenters. The summed E-state index contributed by atoms with van der Waals surface area (Å²) in [4.78, 5) is 21.0. The number of aromatic nitrogens is 2. The first kappa shape index (κ1) is 17.9. The highest BCUT2D eigenvalue weighted by Gasteiger charge is 2.31. The van der Waals surface area contributed by atoms with E-state index in [1.165, 1.54) is 16.8 Å². The minimum absolute atomic E-state index is 0.0765. The average Bonchev–Trinajstić information content (AvgIpc) is 3.02. The number of hydrogen-bond acceptors (Lipinski definition) is 4. The van der Waals surface area contributed by atoms with Crippen LogP contribution in [-0.2, 0) is 0 Å². The number of hydrogen-bond donors (Lipinski definition) is 2. The SMILES string of the molecule is Cc1ccc(Br)c2c1C(CCNC(=O)c1ccc3nccnc3c1)C(C)N2. The van der Waals surface area contributed by atoms with Crippen molar-refractivity contribution in [3.8, 4) is 0 Å². The normalized spacial score (nSPS) is 18.2. The first-order valence-corrected chi connectivity index (χ1v) is 9.88. The van der Waals surface area contributed by atoms with E-state index in [4.69, 9.17) is 0 Å². The fourth-order valence-electron chi connectivity index (χ4n) is 3.84. The summed E-state index contributed by atoms with van der Waals surface area (Å²) >= 11 is 3.63. The van der Waals surface area contributed by atoms with Gasteiger partial charge in [-0.2, -0.15) is 0 Å². The van der Waals surface area contributed by atoms with Crippen LogP contribution in [-0.4, -0.2) is 28.5 Å². The summed E-state index contributed by atoms with van der Waals surface area (Å²) in [5.74, 6) is 0.299. The Balaban J connectivity index is 1.44. The van der Waals surface area contributed by atoms with E-state index in [-0.39, 0.29) is 5.91 Å². The number of nitrogens with one attached hydrogen (secondary N) is 2. The molecule has 0 spiro atoms. The van der Waals surface area contributed by atoms with Crippen LogP contribution < -0.4 is 10.6 Å². The minimum Gasteiger partial charge on any atom is -0.381 e. The van der Waals surface area contributed by atoms with Gasteiger partial charge in [0.2, 0.25) is 0 Å². The molecule has 0 saturated heterocycles. The molecule has 138 valence electrons. The van der Waals surface area contributed by atoms with Gasteiger partial charge >= 0.3 is 0 Å². The van der Waals surface area contributed by atoms with Gasteiger partial charge in [-0.3, -0.25) is 14.8 Å². The van der Waals surface area contributed by atoms with Crippen molar-refractivity contribution in [2.24, 2.45) is 0 Å². The predicted molar refractivity (Wildman–Crippen MR) is 111 cm³/mol. The van der Waals surface area contributed by atoms with E-state index in [1.54, 1.807) is 24.5 Å². The highest BCUT2D eigenvalue weighted by molar-refractivity contribution is 9.10. The highest BCUT2D eigenvalue weighted by Crippen LogP contribution is 2.43. The monoisotopic (exact) mass is 424 g/mol. The number of nitrogens with zero attached hydrogens (tertiary/aromatic N) is 2. The third-order valence-electron chi connectivity index (χ3n) is 5.23. The molecule has 1 aliphatic rings. The van der Waals surface area contributed by atoms with Crippen LogP contribution in [0.3, 0.4) is 0 Å². The van der Waals surface area contributed by atoms with Crippen molar-refractivity contribution in [2.45, 2.75) is 32.2 Å². The molecule has 1 aliphatic heterocycles. The summed E-state index contributed by atoms with van der Waals surface area (Å²) < 4.78 is 1.10. The van der Waals surface area contributed by atoms with Gasteiger partial charge in [-0.1, -0.05) is 6.07 Å². The molecule has 6 heteroatoms. The summed E-state index contributed by atoms with van der Waals surface area (Å²) in [5.41, 5.74) is 5.96. The lowest BCUT2D eigenvalue weighted by Gasteiger charge is -2.18. The van der Waals surface area contributed by atoms with Gasteiger partial charge in [-0.15, -0.1) is 0 Å². The van der Waals surface area contributed by atoms with Crippen molar-refractivity contribution in [2.75, 3.05) is 11.9 Å². The Morgan fingerprint density at radius 3 is 2.78 bits per heavy atom. The number of benzene rings is 2. The standard InChI is InChI=1S/C21H21BrN4O/c1-12-3-5-16(22)20-19(12)15(13(2)26-20)7-8-25-21(27)14-4-6-17-18(11-14)24-10-9-23-17/h3-6,9-11,13,15,26H,7-8H2,1-2H3,(H,25,27). The van der Waals surface area contributed by atoms with E-state index in [1.807, 2.05) is 6.07 Å². The Morgan fingerprint density at radius 1 is 1.19 bits per heavy atom. The molecule has 0 aliphatic carbocycles. The number of fused-ring (bicyclic) bond motifs is 2. The van der Waals surface area contributed by atoms with Gasteiger partial charge < -0.3 is 10.6 Å². The van der Waals surface area contributed by atoms with Crippen molar-refractivity contribution in [3.05, 3.63) is 63.9 Å². The molecule has 0 saturated carbocycles. The van der Waals surface area contributed by atoms with E-state index in [0.29, 0.717) is 24.1 Å². The summed E-state index contributed by atoms with van der Waals surface area (Å²) in [7, 11) is 0. The van der Waals surface area contributed by atoms with Crippen LogP contribution in [0.2, 0.25) is 0 Å². The maximum atomic E-state index is 12.5. The van der Waals surface area contributed by atoms with E-state index >= 15 is 0 Å². The zero-order valence-electron chi connectivity index (χ0n) is 15.3. The number of anilines is 1. The topological polar surface area (TPSA) is 66.9 Å². The summed E-state index contributed by atoms with van der Waals surface area (Å²) in [6, 6.07) is 9.98. The first-order chi connectivity index (χ1) is 13.0. The van der Waals surface area contributed by atoms with Gasteiger partial charge in [0, 0.05) is 40.9 Å². The predicted octanol–water partition coefficient (Wildman–Crippen LogP) is 4.42. The van der Waals surface area contributed by atoms with Crippen LogP contribution in [0.15, 0.2) is 47.2 Å². The van der Waals surface area contributed by atoms with Crippen molar-refractivity contribution < 1.29 is 4.79 Å². The van der Waals surface area contributed by atoms with Crippen molar-refractivity contribution >= 4 is 38.6 Å². The molecule has 2 aromatic carbocycles. The summed E-state index contributed by atoms with van der Waals surface area (Å²) in [6.07, 6.45) is 4.17. The molecule has 4 rings (SSSR count). The van der Waals surface area contributed by atoms with Crippen molar-refractivity contribution in [1.29, 1.82) is 0 Å². The molecule has 3 aromatic rings. The summed E-state index contributed by atoms with van der Waals surface area (Å²) in [6.45, 7) is 4.96. The van der Waals surface area contributed by atoms with Gasteiger partial charge in [0.1, 0.15) is 0 Å². The lowest BCUT2D eigenvalue weighted by Crippen LogP contribution is -2.27. The zero-order chi connectivity index (χ0) is 19.0. The first-order valence-electron chi connectivity index (χ1n) is 9.09. The van der Waals surface area contributed by atoms with Crippen LogP contribution >= 0.6 is 15.9 Å². The van der Waals surface area contributed by atoms with Gasteiger partial charge in [-0.05, 0) is 71.6 Å². The largest absolute Gasteiger partial charge is 0.381 e. The van der Waals surface area contributed by atoms with E-state index in [9.17, 15) is 4.79 Å². The van der Waals surface area contributed by atoms with E-state index < -0.39 is 0 Å². The van der Waals surface area contributed by atoms with Crippen LogP contribution in [0.5, 0.6) is 0 Å². The fraction of sp³-hybridized carbons (Fsp3) is 0.286. The average molecular weight is 425 g/mol. The Morgan fingerprint density at radius 2 is 1.96 bits per heavy atom. The van der Waals surface area contributed by atoms with E-state index in [2.05, 4.69) is 62.5 Å². The maximum Gasteiger partial charge on any atom is 0.251 e. The molecule has 0 fully saturated rings. The Hall–Kier alpha value is -2.47. The molecular weight excluding hydrogens is 404 g/mol. The van der Waals surface area contributed by atoms with Gasteiger partial charge in [0.15, 0.2) is 0 Å². The third-order valence-corrected chi connectivity index (χ3v) is 5.89.